The number of amides is 2. The number of nitrogens with zero attached hydrogens (tertiary/aromatic N) is 2. The van der Waals surface area contributed by atoms with Crippen LogP contribution in [0.1, 0.15) is 140 Å². The largest absolute Gasteiger partial charge is 0.459 e. The van der Waals surface area contributed by atoms with Crippen LogP contribution in [0.3, 0.4) is 0 Å². The van der Waals surface area contributed by atoms with E-state index in [4.69, 9.17) is 23.8 Å². The molecule has 5 rings (SSSR count). The third-order valence-electron chi connectivity index (χ3n) is 13.3. The van der Waals surface area contributed by atoms with Crippen LogP contribution in [0.25, 0.3) is 0 Å². The molecule has 1 fully saturated rings. The van der Waals surface area contributed by atoms with Gasteiger partial charge in [-0.1, -0.05) is 113 Å². The van der Waals surface area contributed by atoms with Gasteiger partial charge in [-0.05, 0) is 91.8 Å². The number of unbranched alkanes of at least 4 members (excludes halogenated alkanes) is 11. The molecule has 2 aromatic carbocycles. The summed E-state index contributed by atoms with van der Waals surface area (Å²) in [6.07, 6.45) is 21.3. The van der Waals surface area contributed by atoms with Gasteiger partial charge in [0.1, 0.15) is 30.5 Å². The number of nitrogens with one attached hydrogen (secondary N) is 1. The predicted octanol–water partition coefficient (Wildman–Crippen LogP) is 11.3. The first-order valence-electron chi connectivity index (χ1n) is 24.6. The molecule has 66 heavy (non-hydrogen) atoms. The van der Waals surface area contributed by atoms with E-state index in [1.807, 2.05) is 12.1 Å². The van der Waals surface area contributed by atoms with Gasteiger partial charge in [-0.15, -0.1) is 13.2 Å². The van der Waals surface area contributed by atoms with Crippen molar-refractivity contribution < 1.29 is 48.0 Å². The number of carbonyl (C=O) groups is 2. The maximum Gasteiger partial charge on any atom is 0.412 e. The van der Waals surface area contributed by atoms with Gasteiger partial charge >= 0.3 is 12.2 Å². The summed E-state index contributed by atoms with van der Waals surface area (Å²) in [5.74, 6) is -2.00. The molecule has 1 aliphatic heterocycles. The number of aliphatic hydroxyl groups is 2. The first kappa shape index (κ1) is 52.3. The zero-order valence-corrected chi connectivity index (χ0v) is 39.6. The lowest BCUT2D eigenvalue weighted by Gasteiger charge is -2.59. The van der Waals surface area contributed by atoms with E-state index in [-0.39, 0.29) is 57.1 Å². The number of ether oxygens (including phenoxy) is 4. The number of halogens is 1. The Bertz CT molecular complexity index is 1890. The van der Waals surface area contributed by atoms with Crippen LogP contribution in [0.15, 0.2) is 84.6 Å². The minimum atomic E-state index is -1.54. The number of hydrogen-bond donors (Lipinski definition) is 3. The molecule has 12 nitrogen and oxygen atoms in total. The number of fused-ring (bicyclic) bond motifs is 2. The first-order chi connectivity index (χ1) is 32.2. The van der Waals surface area contributed by atoms with Gasteiger partial charge in [0.2, 0.25) is 5.79 Å². The van der Waals surface area contributed by atoms with E-state index in [1.165, 1.54) is 64.2 Å². The molecular formula is C53H76FN3O9. The topological polar surface area (TPSA) is 148 Å². The molecule has 3 N–H and O–H groups in total. The maximum absolute atomic E-state index is 14.5. The second kappa shape index (κ2) is 27.8. The Morgan fingerprint density at radius 1 is 0.924 bits per heavy atom. The third-order valence-corrected chi connectivity index (χ3v) is 13.3. The fourth-order valence-electron chi connectivity index (χ4n) is 10.2. The Labute approximate surface area is 392 Å². The van der Waals surface area contributed by atoms with E-state index in [0.29, 0.717) is 48.6 Å². The average Bonchev–Trinajstić information content (AvgIpc) is 3.31. The van der Waals surface area contributed by atoms with Crippen molar-refractivity contribution in [2.24, 2.45) is 22.9 Å². The quantitative estimate of drug-likeness (QED) is 0.0396. The second-order valence-electron chi connectivity index (χ2n) is 17.9. The summed E-state index contributed by atoms with van der Waals surface area (Å²) in [6.45, 7) is 10.9. The highest BCUT2D eigenvalue weighted by Crippen LogP contribution is 2.62. The van der Waals surface area contributed by atoms with Crippen LogP contribution in [0.5, 0.6) is 11.5 Å². The van der Waals surface area contributed by atoms with E-state index in [1.54, 1.807) is 35.3 Å². The second-order valence-corrected chi connectivity index (χ2v) is 17.9. The zero-order valence-electron chi connectivity index (χ0n) is 39.6. The Morgan fingerprint density at radius 2 is 1.62 bits per heavy atom. The molecule has 0 aromatic heterocycles. The van der Waals surface area contributed by atoms with Crippen molar-refractivity contribution in [2.45, 2.75) is 147 Å². The van der Waals surface area contributed by atoms with Crippen molar-refractivity contribution >= 4 is 17.9 Å². The minimum absolute atomic E-state index is 0.0151. The summed E-state index contributed by atoms with van der Waals surface area (Å²) in [5.41, 5.74) is 2.96. The van der Waals surface area contributed by atoms with Gasteiger partial charge in [-0.3, -0.25) is 4.90 Å². The summed E-state index contributed by atoms with van der Waals surface area (Å²) < 4.78 is 40.4. The van der Waals surface area contributed by atoms with Crippen molar-refractivity contribution in [1.29, 1.82) is 0 Å². The zero-order chi connectivity index (χ0) is 47.2. The highest BCUT2D eigenvalue weighted by atomic mass is 19.1. The SMILES string of the molecule is C=CCCOC(=O)N(Cc1ccc(F)cc1)C1CC(=NOC)C2=CC(CCCCO)C(CCCCO)C3c4cc(OC(=O)NCCCCCCCCCCCC)ccc4OC1(OCC=C)C23. The van der Waals surface area contributed by atoms with E-state index >= 15 is 0 Å². The number of oxime groups is 1. The fourth-order valence-corrected chi connectivity index (χ4v) is 10.2. The number of benzene rings is 2. The molecule has 364 valence electrons. The summed E-state index contributed by atoms with van der Waals surface area (Å²) >= 11 is 0. The van der Waals surface area contributed by atoms with Gasteiger partial charge in [0, 0.05) is 44.2 Å². The van der Waals surface area contributed by atoms with Gasteiger partial charge in [0.05, 0.1) is 24.8 Å². The standard InChI is InChI=1S/C53H76FN3O9/c1-5-8-10-11-12-13-14-15-16-19-30-55-51(60)65-42-28-29-47-45(36-42)49-43(23-18-21-32-59)40(22-17-20-31-58)35-44-46(56-62-4)37-48(53(66-47,50(44)49)64-33-7-3)57(52(61)63-34-9-6-2)38-39-24-26-41(54)27-25-39/h6-7,24-29,35-36,40,43,48-50,58-59H,2-3,5,8-23,30-34,37-38H2,1,4H3,(H,55,60). The van der Waals surface area contributed by atoms with E-state index in [0.717, 1.165) is 56.1 Å². The maximum atomic E-state index is 14.5. The number of hydrogen-bond acceptors (Lipinski definition) is 10. The molecule has 13 heteroatoms. The Kier molecular flexibility index (Phi) is 22.0. The van der Waals surface area contributed by atoms with Crippen molar-refractivity contribution in [3.8, 4) is 11.5 Å². The molecule has 0 spiro atoms. The summed E-state index contributed by atoms with van der Waals surface area (Å²) in [5, 5.41) is 27.4. The summed E-state index contributed by atoms with van der Waals surface area (Å²) in [6, 6.07) is 10.5. The molecule has 2 amide bonds. The van der Waals surface area contributed by atoms with Crippen LogP contribution in [0, 0.1) is 23.6 Å². The van der Waals surface area contributed by atoms with Crippen molar-refractivity contribution in [3.63, 3.8) is 0 Å². The van der Waals surface area contributed by atoms with Gasteiger partial charge in [-0.2, -0.15) is 0 Å². The molecule has 1 saturated carbocycles. The highest BCUT2D eigenvalue weighted by Gasteiger charge is 2.65. The molecule has 2 aromatic rings. The molecule has 0 bridgehead atoms. The van der Waals surface area contributed by atoms with Crippen LogP contribution < -0.4 is 14.8 Å². The predicted molar refractivity (Wildman–Crippen MR) is 256 cm³/mol. The molecule has 0 saturated heterocycles. The average molecular weight is 918 g/mol. The van der Waals surface area contributed by atoms with Crippen LogP contribution in [0.2, 0.25) is 0 Å². The fraction of sp³-hybridized carbons (Fsp3) is 0.604. The van der Waals surface area contributed by atoms with Gasteiger partial charge < -0.3 is 39.3 Å². The van der Waals surface area contributed by atoms with Crippen molar-refractivity contribution in [3.05, 3.63) is 96.4 Å². The lowest BCUT2D eigenvalue weighted by atomic mass is 9.55. The molecule has 2 aliphatic carbocycles. The van der Waals surface area contributed by atoms with Crippen LogP contribution in [-0.2, 0) is 20.9 Å². The smallest absolute Gasteiger partial charge is 0.412 e. The number of aliphatic hydroxyl groups excluding tert-OH is 2. The number of rotatable bonds is 30. The highest BCUT2D eigenvalue weighted by molar-refractivity contribution is 6.03. The van der Waals surface area contributed by atoms with Gasteiger partial charge in [0.25, 0.3) is 0 Å². The molecule has 6 atom stereocenters. The molecule has 1 heterocycles. The molecule has 0 radical (unpaired) electrons. The Morgan fingerprint density at radius 3 is 2.29 bits per heavy atom. The van der Waals surface area contributed by atoms with E-state index in [2.05, 4.69) is 36.6 Å². The van der Waals surface area contributed by atoms with Crippen molar-refractivity contribution in [2.75, 3.05) is 40.1 Å². The van der Waals surface area contributed by atoms with E-state index < -0.39 is 35.8 Å². The first-order valence-corrected chi connectivity index (χ1v) is 24.6. The Balaban J connectivity index is 1.56. The number of allylic oxidation sites excluding steroid dienone is 1. The minimum Gasteiger partial charge on any atom is -0.459 e. The third kappa shape index (κ3) is 14.2. The van der Waals surface area contributed by atoms with Crippen molar-refractivity contribution in [1.82, 2.24) is 10.2 Å². The lowest BCUT2D eigenvalue weighted by Crippen LogP contribution is -2.70. The monoisotopic (exact) mass is 918 g/mol. The van der Waals surface area contributed by atoms with Crippen LogP contribution >= 0.6 is 0 Å². The lowest BCUT2D eigenvalue weighted by molar-refractivity contribution is -0.256. The molecule has 3 aliphatic rings. The Hall–Kier alpha value is -4.72. The number of carbonyl (C=O) groups excluding carboxylic acids is 2. The summed E-state index contributed by atoms with van der Waals surface area (Å²) in [4.78, 5) is 34.9. The normalized spacial score (nSPS) is 22.3. The van der Waals surface area contributed by atoms with Crippen LogP contribution in [0.4, 0.5) is 14.0 Å². The van der Waals surface area contributed by atoms with Gasteiger partial charge in [0.15, 0.2) is 0 Å². The van der Waals surface area contributed by atoms with Crippen LogP contribution in [-0.4, -0.2) is 84.9 Å². The van der Waals surface area contributed by atoms with Gasteiger partial charge in [-0.25, -0.2) is 14.0 Å². The van der Waals surface area contributed by atoms with E-state index in [9.17, 15) is 24.2 Å². The summed E-state index contributed by atoms with van der Waals surface area (Å²) in [7, 11) is 1.49. The molecule has 6 unspecified atom stereocenters. The molecular weight excluding hydrogens is 842 g/mol.